The Hall–Kier alpha value is -1.86. The molecule has 1 amide bonds. The molecular formula is C17H22N4O2S. The Kier molecular flexibility index (Phi) is 5.87. The van der Waals surface area contributed by atoms with Crippen LogP contribution in [0.4, 0.5) is 0 Å². The van der Waals surface area contributed by atoms with Crippen molar-refractivity contribution in [2.45, 2.75) is 38.7 Å². The van der Waals surface area contributed by atoms with E-state index in [1.54, 1.807) is 24.0 Å². The number of thiazole rings is 1. The molecule has 1 aliphatic rings. The maximum Gasteiger partial charge on any atom is 0.270 e. The summed E-state index contributed by atoms with van der Waals surface area (Å²) in [7, 11) is 0. The summed E-state index contributed by atoms with van der Waals surface area (Å²) in [6.45, 7) is 3.29. The molecule has 0 saturated heterocycles. The molecule has 1 saturated carbocycles. The second-order valence-electron chi connectivity index (χ2n) is 6.06. The van der Waals surface area contributed by atoms with Crippen molar-refractivity contribution in [1.29, 1.82) is 0 Å². The van der Waals surface area contributed by atoms with E-state index >= 15 is 0 Å². The van der Waals surface area contributed by atoms with Crippen molar-refractivity contribution in [3.8, 4) is 10.7 Å². The predicted molar refractivity (Wildman–Crippen MR) is 92.8 cm³/mol. The van der Waals surface area contributed by atoms with Gasteiger partial charge in [-0.25, -0.2) is 4.98 Å². The summed E-state index contributed by atoms with van der Waals surface area (Å²) in [5, 5.41) is 5.30. The highest BCUT2D eigenvalue weighted by Gasteiger charge is 2.21. The first-order valence-corrected chi connectivity index (χ1v) is 9.23. The summed E-state index contributed by atoms with van der Waals surface area (Å²) >= 11 is 1.39. The fourth-order valence-electron chi connectivity index (χ4n) is 2.90. The maximum atomic E-state index is 12.1. The van der Waals surface area contributed by atoms with Crippen molar-refractivity contribution in [2.24, 2.45) is 5.92 Å². The van der Waals surface area contributed by atoms with Crippen molar-refractivity contribution in [2.75, 3.05) is 13.2 Å². The molecule has 6 nitrogen and oxygen atoms in total. The molecule has 0 bridgehead atoms. The number of ether oxygens (including phenoxy) is 1. The van der Waals surface area contributed by atoms with Crippen LogP contribution in [0.15, 0.2) is 24.0 Å². The average molecular weight is 346 g/mol. The van der Waals surface area contributed by atoms with Gasteiger partial charge in [0.25, 0.3) is 5.91 Å². The fourth-order valence-corrected chi connectivity index (χ4v) is 3.66. The SMILES string of the molecule is C[C@H]1CCCC[C@@H]1OCCNC(=O)c1csc(-c2cnccn2)n1. The molecule has 0 radical (unpaired) electrons. The first kappa shape index (κ1) is 17.0. The van der Waals surface area contributed by atoms with Gasteiger partial charge in [0.15, 0.2) is 0 Å². The quantitative estimate of drug-likeness (QED) is 0.814. The molecule has 2 aromatic heterocycles. The number of amides is 1. The predicted octanol–water partition coefficient (Wildman–Crippen LogP) is 2.93. The zero-order valence-electron chi connectivity index (χ0n) is 13.8. The standard InChI is InChI=1S/C17H22N4O2S/c1-12-4-2-3-5-15(12)23-9-8-20-16(22)14-11-24-17(21-14)13-10-18-6-7-19-13/h6-7,10-12,15H,2-5,8-9H2,1H3,(H,20,22)/t12-,15-/m0/s1. The second kappa shape index (κ2) is 8.30. The van der Waals surface area contributed by atoms with E-state index < -0.39 is 0 Å². The van der Waals surface area contributed by atoms with Gasteiger partial charge in [-0.3, -0.25) is 14.8 Å². The van der Waals surface area contributed by atoms with Crippen LogP contribution in [0.2, 0.25) is 0 Å². The summed E-state index contributed by atoms with van der Waals surface area (Å²) in [5.74, 6) is 0.434. The van der Waals surface area contributed by atoms with Gasteiger partial charge in [0.05, 0.1) is 18.9 Å². The van der Waals surface area contributed by atoms with Gasteiger partial charge < -0.3 is 10.1 Å². The van der Waals surface area contributed by atoms with E-state index in [2.05, 4.69) is 27.2 Å². The van der Waals surface area contributed by atoms with Crippen LogP contribution >= 0.6 is 11.3 Å². The highest BCUT2D eigenvalue weighted by Crippen LogP contribution is 2.26. The van der Waals surface area contributed by atoms with Gasteiger partial charge in [0, 0.05) is 24.3 Å². The third-order valence-electron chi connectivity index (χ3n) is 4.27. The molecule has 3 rings (SSSR count). The molecule has 2 atom stereocenters. The number of nitrogens with zero attached hydrogens (tertiary/aromatic N) is 3. The highest BCUT2D eigenvalue weighted by atomic mass is 32.1. The molecule has 128 valence electrons. The molecular weight excluding hydrogens is 324 g/mol. The molecule has 0 aromatic carbocycles. The second-order valence-corrected chi connectivity index (χ2v) is 6.91. The van der Waals surface area contributed by atoms with Gasteiger partial charge in [-0.15, -0.1) is 11.3 Å². The summed E-state index contributed by atoms with van der Waals surface area (Å²) in [4.78, 5) is 24.7. The molecule has 24 heavy (non-hydrogen) atoms. The highest BCUT2D eigenvalue weighted by molar-refractivity contribution is 7.13. The van der Waals surface area contributed by atoms with E-state index in [1.165, 1.54) is 30.6 Å². The van der Waals surface area contributed by atoms with Crippen LogP contribution in [0.3, 0.4) is 0 Å². The normalized spacial score (nSPS) is 20.7. The lowest BCUT2D eigenvalue weighted by Gasteiger charge is -2.28. The van der Waals surface area contributed by atoms with Gasteiger partial charge in [-0.2, -0.15) is 0 Å². The Bertz CT molecular complexity index is 662. The topological polar surface area (TPSA) is 77.0 Å². The number of carbonyl (C=O) groups excluding carboxylic acids is 1. The van der Waals surface area contributed by atoms with Gasteiger partial charge >= 0.3 is 0 Å². The van der Waals surface area contributed by atoms with E-state index in [4.69, 9.17) is 4.74 Å². The van der Waals surface area contributed by atoms with E-state index in [0.29, 0.717) is 41.6 Å². The first-order valence-electron chi connectivity index (χ1n) is 8.36. The molecule has 2 heterocycles. The average Bonchev–Trinajstić information content (AvgIpc) is 3.11. The monoisotopic (exact) mass is 346 g/mol. The van der Waals surface area contributed by atoms with Gasteiger partial charge in [0.2, 0.25) is 0 Å². The lowest BCUT2D eigenvalue weighted by molar-refractivity contribution is -0.00294. The van der Waals surface area contributed by atoms with Crippen LogP contribution in [0, 0.1) is 5.92 Å². The van der Waals surface area contributed by atoms with E-state index in [1.807, 2.05) is 0 Å². The Morgan fingerprint density at radius 3 is 3.04 bits per heavy atom. The minimum Gasteiger partial charge on any atom is -0.376 e. The largest absolute Gasteiger partial charge is 0.376 e. The number of carbonyl (C=O) groups is 1. The van der Waals surface area contributed by atoms with E-state index in [-0.39, 0.29) is 5.91 Å². The van der Waals surface area contributed by atoms with E-state index in [0.717, 1.165) is 6.42 Å². The zero-order valence-corrected chi connectivity index (χ0v) is 14.6. The van der Waals surface area contributed by atoms with Crippen molar-refractivity contribution in [3.63, 3.8) is 0 Å². The number of hydrogen-bond acceptors (Lipinski definition) is 6. The molecule has 0 unspecified atom stereocenters. The Labute approximate surface area is 145 Å². The lowest BCUT2D eigenvalue weighted by atomic mass is 9.88. The van der Waals surface area contributed by atoms with Crippen molar-refractivity contribution >= 4 is 17.2 Å². The van der Waals surface area contributed by atoms with Crippen LogP contribution in [0.25, 0.3) is 10.7 Å². The fraction of sp³-hybridized carbons (Fsp3) is 0.529. The Morgan fingerprint density at radius 1 is 1.38 bits per heavy atom. The zero-order chi connectivity index (χ0) is 16.8. The summed E-state index contributed by atoms with van der Waals surface area (Å²) in [5.41, 5.74) is 1.09. The molecule has 0 aliphatic heterocycles. The van der Waals surface area contributed by atoms with E-state index in [9.17, 15) is 4.79 Å². The van der Waals surface area contributed by atoms with Crippen LogP contribution in [-0.4, -0.2) is 40.1 Å². The molecule has 1 fully saturated rings. The van der Waals surface area contributed by atoms with Crippen LogP contribution in [0.1, 0.15) is 43.1 Å². The Balaban J connectivity index is 1.45. The minimum atomic E-state index is -0.179. The Morgan fingerprint density at radius 2 is 2.25 bits per heavy atom. The molecule has 7 heteroatoms. The van der Waals surface area contributed by atoms with Gasteiger partial charge in [-0.1, -0.05) is 19.8 Å². The summed E-state index contributed by atoms with van der Waals surface area (Å²) in [6, 6.07) is 0. The maximum absolute atomic E-state index is 12.1. The third-order valence-corrected chi connectivity index (χ3v) is 5.14. The lowest BCUT2D eigenvalue weighted by Crippen LogP contribution is -2.31. The minimum absolute atomic E-state index is 0.179. The smallest absolute Gasteiger partial charge is 0.270 e. The molecule has 1 aliphatic carbocycles. The molecule has 2 aromatic rings. The van der Waals surface area contributed by atoms with Crippen molar-refractivity contribution in [1.82, 2.24) is 20.3 Å². The number of aromatic nitrogens is 3. The molecule has 0 spiro atoms. The number of rotatable bonds is 6. The van der Waals surface area contributed by atoms with Gasteiger partial charge in [0.1, 0.15) is 16.4 Å². The number of hydrogen-bond donors (Lipinski definition) is 1. The van der Waals surface area contributed by atoms with Crippen molar-refractivity contribution in [3.05, 3.63) is 29.7 Å². The van der Waals surface area contributed by atoms with Crippen LogP contribution in [0.5, 0.6) is 0 Å². The van der Waals surface area contributed by atoms with Crippen LogP contribution in [-0.2, 0) is 4.74 Å². The number of nitrogens with one attached hydrogen (secondary N) is 1. The first-order chi connectivity index (χ1) is 11.7. The van der Waals surface area contributed by atoms with Gasteiger partial charge in [-0.05, 0) is 18.8 Å². The summed E-state index contributed by atoms with van der Waals surface area (Å²) < 4.78 is 5.91. The van der Waals surface area contributed by atoms with Crippen molar-refractivity contribution < 1.29 is 9.53 Å². The molecule has 1 N–H and O–H groups in total. The third kappa shape index (κ3) is 4.36. The van der Waals surface area contributed by atoms with Crippen LogP contribution < -0.4 is 5.32 Å². The summed E-state index contributed by atoms with van der Waals surface area (Å²) in [6.07, 6.45) is 10.1.